The second-order valence-corrected chi connectivity index (χ2v) is 5.97. The minimum Gasteiger partial charge on any atom is -0.504 e. The van der Waals surface area contributed by atoms with E-state index in [0.29, 0.717) is 18.2 Å². The van der Waals surface area contributed by atoms with Crippen LogP contribution in [-0.2, 0) is 6.42 Å². The minimum atomic E-state index is -0.973. The van der Waals surface area contributed by atoms with Gasteiger partial charge in [0.1, 0.15) is 5.82 Å². The molecule has 0 amide bonds. The molecular formula is C21H15F2NO. The number of hydrogen-bond donors (Lipinski definition) is 2. The smallest absolute Gasteiger partial charge is 0.168 e. The Labute approximate surface area is 143 Å². The van der Waals surface area contributed by atoms with Crippen LogP contribution in [0.3, 0.4) is 0 Å². The van der Waals surface area contributed by atoms with Crippen LogP contribution < -0.4 is 0 Å². The van der Waals surface area contributed by atoms with Gasteiger partial charge in [-0.15, -0.1) is 0 Å². The number of aromatic hydroxyl groups is 1. The fourth-order valence-electron chi connectivity index (χ4n) is 3.17. The number of para-hydroxylation sites is 1. The van der Waals surface area contributed by atoms with Crippen LogP contribution in [0.4, 0.5) is 8.78 Å². The molecule has 2 nitrogen and oxygen atoms in total. The second-order valence-electron chi connectivity index (χ2n) is 5.97. The molecule has 0 bridgehead atoms. The van der Waals surface area contributed by atoms with Crippen LogP contribution in [0.15, 0.2) is 66.7 Å². The van der Waals surface area contributed by atoms with Crippen molar-refractivity contribution in [1.82, 2.24) is 4.98 Å². The van der Waals surface area contributed by atoms with Gasteiger partial charge in [0.15, 0.2) is 11.6 Å². The number of aromatic amines is 1. The SMILES string of the molecule is Oc1c(F)cc(F)cc1-c1[nH]c2ccccc2c1Cc1ccccc1. The fraction of sp³-hybridized carbons (Fsp3) is 0.0476. The van der Waals surface area contributed by atoms with Crippen LogP contribution in [0, 0.1) is 11.6 Å². The number of fused-ring (bicyclic) bond motifs is 1. The molecule has 4 heteroatoms. The van der Waals surface area contributed by atoms with Crippen molar-refractivity contribution in [2.45, 2.75) is 6.42 Å². The molecular weight excluding hydrogens is 320 g/mol. The molecule has 0 atom stereocenters. The first kappa shape index (κ1) is 15.4. The molecule has 0 saturated carbocycles. The summed E-state index contributed by atoms with van der Waals surface area (Å²) < 4.78 is 27.6. The zero-order chi connectivity index (χ0) is 17.4. The normalized spacial score (nSPS) is 11.1. The summed E-state index contributed by atoms with van der Waals surface area (Å²) in [5.74, 6) is -2.25. The van der Waals surface area contributed by atoms with Crippen LogP contribution in [0.25, 0.3) is 22.2 Å². The van der Waals surface area contributed by atoms with Crippen molar-refractivity contribution in [3.05, 3.63) is 89.5 Å². The van der Waals surface area contributed by atoms with E-state index in [2.05, 4.69) is 4.98 Å². The third-order valence-electron chi connectivity index (χ3n) is 4.33. The highest BCUT2D eigenvalue weighted by molar-refractivity contribution is 5.92. The van der Waals surface area contributed by atoms with Crippen LogP contribution >= 0.6 is 0 Å². The summed E-state index contributed by atoms with van der Waals surface area (Å²) in [6, 6.07) is 19.3. The highest BCUT2D eigenvalue weighted by atomic mass is 19.1. The highest BCUT2D eigenvalue weighted by Gasteiger charge is 2.19. The van der Waals surface area contributed by atoms with E-state index in [9.17, 15) is 13.9 Å². The van der Waals surface area contributed by atoms with Crippen molar-refractivity contribution in [2.75, 3.05) is 0 Å². The average Bonchev–Trinajstić information content (AvgIpc) is 2.97. The largest absolute Gasteiger partial charge is 0.504 e. The molecule has 1 aromatic heterocycles. The number of H-pyrrole nitrogens is 1. The summed E-state index contributed by atoms with van der Waals surface area (Å²) in [4.78, 5) is 3.20. The molecule has 0 saturated heterocycles. The lowest BCUT2D eigenvalue weighted by atomic mass is 9.98. The maximum Gasteiger partial charge on any atom is 0.168 e. The molecule has 4 rings (SSSR count). The Balaban J connectivity index is 1.97. The first-order chi connectivity index (χ1) is 12.1. The second kappa shape index (κ2) is 6.06. The molecule has 0 spiro atoms. The van der Waals surface area contributed by atoms with Gasteiger partial charge in [-0.3, -0.25) is 0 Å². The van der Waals surface area contributed by atoms with Crippen LogP contribution in [0.2, 0.25) is 0 Å². The number of nitrogens with one attached hydrogen (secondary N) is 1. The third kappa shape index (κ3) is 2.76. The maximum atomic E-state index is 13.8. The Morgan fingerprint density at radius 3 is 2.40 bits per heavy atom. The Hall–Kier alpha value is -3.14. The van der Waals surface area contributed by atoms with Crippen molar-refractivity contribution in [3.63, 3.8) is 0 Å². The van der Waals surface area contributed by atoms with E-state index < -0.39 is 17.4 Å². The van der Waals surface area contributed by atoms with Crippen molar-refractivity contribution in [2.24, 2.45) is 0 Å². The molecule has 0 fully saturated rings. The van der Waals surface area contributed by atoms with E-state index in [1.165, 1.54) is 0 Å². The van der Waals surface area contributed by atoms with Crippen LogP contribution in [0.5, 0.6) is 5.75 Å². The quantitative estimate of drug-likeness (QED) is 0.516. The van der Waals surface area contributed by atoms with Crippen molar-refractivity contribution >= 4 is 10.9 Å². The molecule has 0 aliphatic carbocycles. The first-order valence-electron chi connectivity index (χ1n) is 7.95. The summed E-state index contributed by atoms with van der Waals surface area (Å²) in [7, 11) is 0. The van der Waals surface area contributed by atoms with Gasteiger partial charge in [-0.1, -0.05) is 48.5 Å². The number of phenols is 1. The molecule has 1 heterocycles. The monoisotopic (exact) mass is 335 g/mol. The predicted octanol–water partition coefficient (Wildman–Crippen LogP) is 5.41. The maximum absolute atomic E-state index is 13.8. The lowest BCUT2D eigenvalue weighted by molar-refractivity contribution is 0.430. The summed E-state index contributed by atoms with van der Waals surface area (Å²) >= 11 is 0. The first-order valence-corrected chi connectivity index (χ1v) is 7.95. The lowest BCUT2D eigenvalue weighted by Crippen LogP contribution is -1.93. The van der Waals surface area contributed by atoms with Crippen molar-refractivity contribution < 1.29 is 13.9 Å². The Morgan fingerprint density at radius 2 is 1.60 bits per heavy atom. The molecule has 0 radical (unpaired) electrons. The lowest BCUT2D eigenvalue weighted by Gasteiger charge is -2.09. The van der Waals surface area contributed by atoms with E-state index in [1.807, 2.05) is 54.6 Å². The van der Waals surface area contributed by atoms with Gasteiger partial charge in [0, 0.05) is 29.0 Å². The van der Waals surface area contributed by atoms with Gasteiger partial charge in [-0.05, 0) is 23.3 Å². The number of aromatic nitrogens is 1. The van der Waals surface area contributed by atoms with Gasteiger partial charge in [0.2, 0.25) is 0 Å². The molecule has 2 N–H and O–H groups in total. The average molecular weight is 335 g/mol. The summed E-state index contributed by atoms with van der Waals surface area (Å²) in [6.07, 6.45) is 0.581. The minimum absolute atomic E-state index is 0.125. The van der Waals surface area contributed by atoms with E-state index in [4.69, 9.17) is 0 Å². The number of hydrogen-bond acceptors (Lipinski definition) is 1. The topological polar surface area (TPSA) is 36.0 Å². The van der Waals surface area contributed by atoms with E-state index in [0.717, 1.165) is 28.1 Å². The van der Waals surface area contributed by atoms with Gasteiger partial charge >= 0.3 is 0 Å². The fourth-order valence-corrected chi connectivity index (χ4v) is 3.17. The Bertz CT molecular complexity index is 1050. The predicted molar refractivity (Wildman–Crippen MR) is 94.6 cm³/mol. The number of phenolic OH excluding ortho intramolecular Hbond substituents is 1. The van der Waals surface area contributed by atoms with Gasteiger partial charge in [-0.2, -0.15) is 0 Å². The molecule has 3 aromatic carbocycles. The zero-order valence-electron chi connectivity index (χ0n) is 13.3. The molecule has 25 heavy (non-hydrogen) atoms. The van der Waals surface area contributed by atoms with Gasteiger partial charge in [0.25, 0.3) is 0 Å². The molecule has 0 aliphatic heterocycles. The number of halogens is 2. The van der Waals surface area contributed by atoms with Gasteiger partial charge < -0.3 is 10.1 Å². The number of rotatable bonds is 3. The molecule has 124 valence electrons. The zero-order valence-corrected chi connectivity index (χ0v) is 13.3. The van der Waals surface area contributed by atoms with Crippen LogP contribution in [0.1, 0.15) is 11.1 Å². The standard InChI is InChI=1S/C21H15F2NO/c22-14-11-17(21(25)18(23)12-14)20-16(10-13-6-2-1-3-7-13)15-8-4-5-9-19(15)24-20/h1-9,11-12,24-25H,10H2. The van der Waals surface area contributed by atoms with E-state index in [1.54, 1.807) is 0 Å². The van der Waals surface area contributed by atoms with Crippen LogP contribution in [-0.4, -0.2) is 10.1 Å². The summed E-state index contributed by atoms with van der Waals surface area (Å²) in [5.41, 5.74) is 3.47. The summed E-state index contributed by atoms with van der Waals surface area (Å²) in [6.45, 7) is 0. The van der Waals surface area contributed by atoms with Crippen molar-refractivity contribution in [1.29, 1.82) is 0 Å². The highest BCUT2D eigenvalue weighted by Crippen LogP contribution is 2.38. The van der Waals surface area contributed by atoms with Crippen molar-refractivity contribution in [3.8, 4) is 17.0 Å². The third-order valence-corrected chi connectivity index (χ3v) is 4.33. The Morgan fingerprint density at radius 1 is 0.880 bits per heavy atom. The Kier molecular flexibility index (Phi) is 3.73. The number of benzene rings is 3. The van der Waals surface area contributed by atoms with Gasteiger partial charge in [0.05, 0.1) is 5.69 Å². The summed E-state index contributed by atoms with van der Waals surface area (Å²) in [5, 5.41) is 11.1. The molecule has 4 aromatic rings. The van der Waals surface area contributed by atoms with Gasteiger partial charge in [-0.25, -0.2) is 8.78 Å². The molecule has 0 aliphatic rings. The molecule has 0 unspecified atom stereocenters. The van der Waals surface area contributed by atoms with E-state index in [-0.39, 0.29) is 5.56 Å². The van der Waals surface area contributed by atoms with E-state index >= 15 is 0 Å².